The van der Waals surface area contributed by atoms with Gasteiger partial charge in [0.25, 0.3) is 0 Å². The van der Waals surface area contributed by atoms with Crippen LogP contribution >= 0.6 is 11.3 Å². The summed E-state index contributed by atoms with van der Waals surface area (Å²) in [6, 6.07) is 1.05. The molecule has 1 aliphatic rings. The summed E-state index contributed by atoms with van der Waals surface area (Å²) in [5, 5.41) is 11.4. The summed E-state index contributed by atoms with van der Waals surface area (Å²) >= 11 is 1.25. The molecule has 28 heavy (non-hydrogen) atoms. The molecule has 0 aliphatic carbocycles. The van der Waals surface area contributed by atoms with Gasteiger partial charge in [0.15, 0.2) is 22.4 Å². The number of fused-ring (bicyclic) bond motifs is 1. The van der Waals surface area contributed by atoms with Gasteiger partial charge in [-0.15, -0.1) is 11.3 Å². The van der Waals surface area contributed by atoms with Crippen LogP contribution in [0, 0.1) is 5.82 Å². The number of aromatic nitrogens is 3. The molecule has 10 heteroatoms. The van der Waals surface area contributed by atoms with Crippen molar-refractivity contribution in [2.45, 2.75) is 19.4 Å². The number of thiazole rings is 1. The van der Waals surface area contributed by atoms with E-state index in [9.17, 15) is 19.1 Å². The number of aromatic carboxylic acids is 1. The Hall–Kier alpha value is -2.85. The van der Waals surface area contributed by atoms with Gasteiger partial charge in [0, 0.05) is 37.5 Å². The van der Waals surface area contributed by atoms with Gasteiger partial charge in [0.2, 0.25) is 5.43 Å². The third-order valence-electron chi connectivity index (χ3n) is 4.47. The second kappa shape index (κ2) is 7.28. The van der Waals surface area contributed by atoms with Gasteiger partial charge in [-0.3, -0.25) is 9.36 Å². The summed E-state index contributed by atoms with van der Waals surface area (Å²) in [6.07, 6.45) is 3.67. The van der Waals surface area contributed by atoms with Gasteiger partial charge in [-0.25, -0.2) is 19.2 Å². The summed E-state index contributed by atoms with van der Waals surface area (Å²) in [5.74, 6) is -1.95. The standard InChI is InChI=1S/C18H17FN4O4S/c1-2-4-27-10-7-22(8-10)16-13(19)6-11-14(24)12(17(25)26)9-23(15(11)21-16)18-20-3-5-28-18/h3,5-6,9-10H,2,4,7-8H2,1H3,(H,25,26). The van der Waals surface area contributed by atoms with Crippen LogP contribution in [0.4, 0.5) is 10.2 Å². The molecule has 4 heterocycles. The number of hydrogen-bond acceptors (Lipinski definition) is 7. The maximum atomic E-state index is 14.7. The Morgan fingerprint density at radius 2 is 2.25 bits per heavy atom. The molecule has 1 fully saturated rings. The van der Waals surface area contributed by atoms with E-state index < -0.39 is 22.8 Å². The van der Waals surface area contributed by atoms with E-state index in [2.05, 4.69) is 9.97 Å². The predicted octanol–water partition coefficient (Wildman–Crippen LogP) is 2.29. The molecule has 4 rings (SSSR count). The topological polar surface area (TPSA) is 97.5 Å². The highest BCUT2D eigenvalue weighted by atomic mass is 32.1. The summed E-state index contributed by atoms with van der Waals surface area (Å²) in [5.41, 5.74) is -1.08. The number of rotatable bonds is 6. The monoisotopic (exact) mass is 404 g/mol. The van der Waals surface area contributed by atoms with Crippen LogP contribution in [-0.4, -0.2) is 51.4 Å². The van der Waals surface area contributed by atoms with E-state index in [1.807, 2.05) is 6.92 Å². The quantitative estimate of drug-likeness (QED) is 0.673. The van der Waals surface area contributed by atoms with E-state index in [1.54, 1.807) is 16.5 Å². The van der Waals surface area contributed by atoms with E-state index in [1.165, 1.54) is 22.1 Å². The van der Waals surface area contributed by atoms with Crippen LogP contribution in [0.15, 0.2) is 28.6 Å². The molecule has 0 atom stereocenters. The van der Waals surface area contributed by atoms with Crippen molar-refractivity contribution in [3.8, 4) is 5.13 Å². The highest BCUT2D eigenvalue weighted by molar-refractivity contribution is 7.12. The van der Waals surface area contributed by atoms with Crippen LogP contribution < -0.4 is 10.3 Å². The number of hydrogen-bond donors (Lipinski definition) is 1. The molecule has 1 saturated heterocycles. The first-order valence-corrected chi connectivity index (χ1v) is 9.63. The third-order valence-corrected chi connectivity index (χ3v) is 5.24. The molecular formula is C18H17FN4O4S. The molecule has 0 bridgehead atoms. The normalized spacial score (nSPS) is 14.4. The summed E-state index contributed by atoms with van der Waals surface area (Å²) in [4.78, 5) is 34.2. The predicted molar refractivity (Wildman–Crippen MR) is 102 cm³/mol. The summed E-state index contributed by atoms with van der Waals surface area (Å²) in [7, 11) is 0. The molecule has 3 aromatic heterocycles. The minimum atomic E-state index is -1.39. The third kappa shape index (κ3) is 3.14. The smallest absolute Gasteiger partial charge is 0.341 e. The van der Waals surface area contributed by atoms with E-state index in [0.29, 0.717) is 24.8 Å². The van der Waals surface area contributed by atoms with E-state index >= 15 is 0 Å². The van der Waals surface area contributed by atoms with Crippen molar-refractivity contribution in [1.29, 1.82) is 0 Å². The molecule has 0 unspecified atom stereocenters. The van der Waals surface area contributed by atoms with Crippen LogP contribution in [-0.2, 0) is 4.74 Å². The fraction of sp³-hybridized carbons (Fsp3) is 0.333. The molecule has 146 valence electrons. The van der Waals surface area contributed by atoms with Crippen molar-refractivity contribution in [2.75, 3.05) is 24.6 Å². The van der Waals surface area contributed by atoms with E-state index in [0.717, 1.165) is 12.5 Å². The van der Waals surface area contributed by atoms with Gasteiger partial charge < -0.3 is 14.7 Å². The Kier molecular flexibility index (Phi) is 4.82. The van der Waals surface area contributed by atoms with Gasteiger partial charge in [-0.05, 0) is 12.5 Å². The van der Waals surface area contributed by atoms with Crippen LogP contribution in [0.1, 0.15) is 23.7 Å². The lowest BCUT2D eigenvalue weighted by molar-refractivity contribution is 0.0341. The van der Waals surface area contributed by atoms with Crippen molar-refractivity contribution in [3.05, 3.63) is 45.4 Å². The lowest BCUT2D eigenvalue weighted by Crippen LogP contribution is -2.53. The second-order valence-corrected chi connectivity index (χ2v) is 7.30. The Morgan fingerprint density at radius 3 is 2.89 bits per heavy atom. The lowest BCUT2D eigenvalue weighted by atomic mass is 10.1. The van der Waals surface area contributed by atoms with Crippen molar-refractivity contribution in [3.63, 3.8) is 0 Å². The number of ether oxygens (including phenoxy) is 1. The Bertz CT molecular complexity index is 1090. The fourth-order valence-corrected chi connectivity index (χ4v) is 3.69. The van der Waals surface area contributed by atoms with E-state index in [-0.39, 0.29) is 23.0 Å². The van der Waals surface area contributed by atoms with Crippen molar-refractivity contribution >= 4 is 34.2 Å². The minimum absolute atomic E-state index is 0.0207. The number of carboxylic acid groups (broad SMARTS) is 1. The molecule has 1 N–H and O–H groups in total. The first kappa shape index (κ1) is 18.5. The van der Waals surface area contributed by atoms with Gasteiger partial charge >= 0.3 is 5.97 Å². The molecule has 0 radical (unpaired) electrons. The molecule has 0 amide bonds. The van der Waals surface area contributed by atoms with Gasteiger partial charge in [0.05, 0.1) is 11.5 Å². The highest BCUT2D eigenvalue weighted by Gasteiger charge is 2.31. The number of pyridine rings is 2. The molecule has 8 nitrogen and oxygen atoms in total. The van der Waals surface area contributed by atoms with Crippen LogP contribution in [0.25, 0.3) is 16.2 Å². The number of anilines is 1. The zero-order chi connectivity index (χ0) is 19.8. The number of halogens is 1. The number of nitrogens with zero attached hydrogens (tertiary/aromatic N) is 4. The average Bonchev–Trinajstić information content (AvgIpc) is 3.16. The van der Waals surface area contributed by atoms with Gasteiger partial charge in [-0.1, -0.05) is 6.92 Å². The van der Waals surface area contributed by atoms with Crippen LogP contribution in [0.3, 0.4) is 0 Å². The second-order valence-electron chi connectivity index (χ2n) is 6.42. The molecular weight excluding hydrogens is 387 g/mol. The molecule has 0 spiro atoms. The molecule has 0 aromatic carbocycles. The Morgan fingerprint density at radius 1 is 1.46 bits per heavy atom. The first-order valence-electron chi connectivity index (χ1n) is 8.75. The van der Waals surface area contributed by atoms with Gasteiger partial charge in [0.1, 0.15) is 5.56 Å². The Labute approximate surface area is 162 Å². The lowest BCUT2D eigenvalue weighted by Gasteiger charge is -2.39. The SMILES string of the molecule is CCCOC1CN(c2nc3c(cc2F)c(=O)c(C(=O)O)cn3-c2nccs2)C1. The minimum Gasteiger partial charge on any atom is -0.477 e. The zero-order valence-corrected chi connectivity index (χ0v) is 15.8. The van der Waals surface area contributed by atoms with Crippen molar-refractivity contribution < 1.29 is 19.0 Å². The van der Waals surface area contributed by atoms with Gasteiger partial charge in [-0.2, -0.15) is 0 Å². The first-order chi connectivity index (χ1) is 13.5. The summed E-state index contributed by atoms with van der Waals surface area (Å²) < 4.78 is 21.7. The van der Waals surface area contributed by atoms with Crippen LogP contribution in [0.2, 0.25) is 0 Å². The zero-order valence-electron chi connectivity index (χ0n) is 15.0. The maximum Gasteiger partial charge on any atom is 0.341 e. The van der Waals surface area contributed by atoms with Crippen LogP contribution in [0.5, 0.6) is 0 Å². The molecule has 0 saturated carbocycles. The number of carboxylic acids is 1. The van der Waals surface area contributed by atoms with Crippen molar-refractivity contribution in [1.82, 2.24) is 14.5 Å². The Balaban J connectivity index is 1.82. The highest BCUT2D eigenvalue weighted by Crippen LogP contribution is 2.27. The average molecular weight is 404 g/mol. The molecule has 3 aromatic rings. The maximum absolute atomic E-state index is 14.7. The summed E-state index contributed by atoms with van der Waals surface area (Å²) in [6.45, 7) is 3.67. The largest absolute Gasteiger partial charge is 0.477 e. The number of carbonyl (C=O) groups is 1. The van der Waals surface area contributed by atoms with Crippen molar-refractivity contribution in [2.24, 2.45) is 0 Å². The molecule has 1 aliphatic heterocycles. The fourth-order valence-electron chi connectivity index (χ4n) is 3.07. The van der Waals surface area contributed by atoms with E-state index in [4.69, 9.17) is 4.74 Å².